The highest BCUT2D eigenvalue weighted by molar-refractivity contribution is 6.25. The van der Waals surface area contributed by atoms with E-state index in [-0.39, 0.29) is 0 Å². The standard InChI is InChI=1S/C52H32F6N2/c53-51(54,55)35-16-11-14-33(30-35)48-41-23-7-8-24-42(41)49(34-15-12-17-36(31-34)52(56,57)58)50-43(48)25-13-27-47(50)59(37-18-3-1-4-19-37)39-28-29-46-44(32-39)40-22-9-10-26-45(40)60(46)38-20-5-2-6-21-38/h1-32H. The van der Waals surface area contributed by atoms with Crippen molar-refractivity contribution in [1.82, 2.24) is 4.57 Å². The van der Waals surface area contributed by atoms with Gasteiger partial charge in [0.1, 0.15) is 0 Å². The van der Waals surface area contributed by atoms with Crippen LogP contribution < -0.4 is 4.90 Å². The Labute approximate surface area is 340 Å². The van der Waals surface area contributed by atoms with E-state index in [4.69, 9.17) is 0 Å². The van der Waals surface area contributed by atoms with E-state index in [1.54, 1.807) is 24.3 Å². The van der Waals surface area contributed by atoms with Gasteiger partial charge in [0.25, 0.3) is 0 Å². The number of hydrogen-bond acceptors (Lipinski definition) is 1. The summed E-state index contributed by atoms with van der Waals surface area (Å²) in [6.07, 6.45) is -9.22. The first-order chi connectivity index (χ1) is 29.1. The number of alkyl halides is 6. The number of fused-ring (bicyclic) bond motifs is 5. The van der Waals surface area contributed by atoms with Gasteiger partial charge in [0, 0.05) is 33.2 Å². The molecule has 10 aromatic rings. The second-order valence-electron chi connectivity index (χ2n) is 14.7. The second-order valence-corrected chi connectivity index (χ2v) is 14.7. The number of halogens is 6. The van der Waals surface area contributed by atoms with Gasteiger partial charge in [-0.15, -0.1) is 0 Å². The Kier molecular flexibility index (Phi) is 8.75. The van der Waals surface area contributed by atoms with Gasteiger partial charge in [-0.05, 0) is 117 Å². The fourth-order valence-electron chi connectivity index (χ4n) is 8.67. The number of aromatic nitrogens is 1. The van der Waals surface area contributed by atoms with E-state index in [0.717, 1.165) is 63.1 Å². The van der Waals surface area contributed by atoms with Gasteiger partial charge < -0.3 is 9.47 Å². The molecule has 0 saturated heterocycles. The number of nitrogens with zero attached hydrogens (tertiary/aromatic N) is 2. The van der Waals surface area contributed by atoms with E-state index in [1.807, 2.05) is 97.1 Å². The fraction of sp³-hybridized carbons (Fsp3) is 0.0385. The maximum Gasteiger partial charge on any atom is 0.416 e. The van der Waals surface area contributed by atoms with Crippen molar-refractivity contribution in [2.24, 2.45) is 0 Å². The van der Waals surface area contributed by atoms with Gasteiger partial charge in [0.05, 0.1) is 27.8 Å². The van der Waals surface area contributed by atoms with Crippen LogP contribution in [0.25, 0.3) is 71.3 Å². The Balaban J connectivity index is 1.34. The third kappa shape index (κ3) is 6.23. The van der Waals surface area contributed by atoms with E-state index >= 15 is 0 Å². The quantitative estimate of drug-likeness (QED) is 0.120. The maximum atomic E-state index is 14.4. The summed E-state index contributed by atoms with van der Waals surface area (Å²) in [6, 6.07) is 57.6. The molecule has 0 aliphatic heterocycles. The van der Waals surface area contributed by atoms with Crippen molar-refractivity contribution in [3.05, 3.63) is 205 Å². The van der Waals surface area contributed by atoms with Gasteiger partial charge in [-0.25, -0.2) is 0 Å². The number of benzene rings is 9. The lowest BCUT2D eigenvalue weighted by atomic mass is 9.84. The first-order valence-electron chi connectivity index (χ1n) is 19.3. The van der Waals surface area contributed by atoms with E-state index in [0.29, 0.717) is 49.5 Å². The van der Waals surface area contributed by atoms with E-state index in [9.17, 15) is 26.3 Å². The first kappa shape index (κ1) is 37.0. The summed E-state index contributed by atoms with van der Waals surface area (Å²) in [4.78, 5) is 2.08. The molecule has 8 heteroatoms. The topological polar surface area (TPSA) is 8.17 Å². The summed E-state index contributed by atoms with van der Waals surface area (Å²) < 4.78 is 88.4. The Bertz CT molecular complexity index is 3240. The van der Waals surface area contributed by atoms with Gasteiger partial charge in [-0.3, -0.25) is 0 Å². The van der Waals surface area contributed by atoms with Crippen molar-refractivity contribution >= 4 is 60.4 Å². The summed E-state index contributed by atoms with van der Waals surface area (Å²) in [6.45, 7) is 0. The SMILES string of the molecule is FC(F)(F)c1cccc(-c2c3ccccc3c(-c3cccc(C(F)(F)F)c3)c3c(N(c4ccccc4)c4ccc5c(c4)c4ccccc4n5-c4ccccc4)cccc23)c1. The summed E-state index contributed by atoms with van der Waals surface area (Å²) in [5, 5.41) is 4.39. The molecule has 0 aliphatic carbocycles. The highest BCUT2D eigenvalue weighted by Crippen LogP contribution is 2.51. The molecule has 0 spiro atoms. The predicted molar refractivity (Wildman–Crippen MR) is 231 cm³/mol. The fourth-order valence-corrected chi connectivity index (χ4v) is 8.67. The average molecular weight is 799 g/mol. The third-order valence-corrected chi connectivity index (χ3v) is 11.2. The van der Waals surface area contributed by atoms with Gasteiger partial charge in [-0.2, -0.15) is 26.3 Å². The lowest BCUT2D eigenvalue weighted by Gasteiger charge is -2.29. The molecule has 2 nitrogen and oxygen atoms in total. The van der Waals surface area contributed by atoms with Crippen LogP contribution in [0.2, 0.25) is 0 Å². The van der Waals surface area contributed by atoms with Gasteiger partial charge in [0.15, 0.2) is 0 Å². The molecule has 10 rings (SSSR count). The Morgan fingerprint density at radius 3 is 1.53 bits per heavy atom. The van der Waals surface area contributed by atoms with Crippen LogP contribution in [0.5, 0.6) is 0 Å². The lowest BCUT2D eigenvalue weighted by molar-refractivity contribution is -0.138. The number of rotatable bonds is 6. The van der Waals surface area contributed by atoms with Crippen LogP contribution in [-0.2, 0) is 12.4 Å². The molecule has 1 heterocycles. The molecule has 0 N–H and O–H groups in total. The number of hydrogen-bond donors (Lipinski definition) is 0. The van der Waals surface area contributed by atoms with E-state index < -0.39 is 23.5 Å². The summed E-state index contributed by atoms with van der Waals surface area (Å²) in [5.74, 6) is 0. The van der Waals surface area contributed by atoms with Crippen molar-refractivity contribution in [1.29, 1.82) is 0 Å². The largest absolute Gasteiger partial charge is 0.416 e. The molecule has 1 aromatic heterocycles. The zero-order chi connectivity index (χ0) is 41.2. The van der Waals surface area contributed by atoms with Crippen molar-refractivity contribution in [2.75, 3.05) is 4.90 Å². The van der Waals surface area contributed by atoms with Crippen molar-refractivity contribution in [3.63, 3.8) is 0 Å². The average Bonchev–Trinajstić information content (AvgIpc) is 3.59. The highest BCUT2D eigenvalue weighted by Gasteiger charge is 2.33. The smallest absolute Gasteiger partial charge is 0.310 e. The van der Waals surface area contributed by atoms with Crippen molar-refractivity contribution in [3.8, 4) is 27.9 Å². The van der Waals surface area contributed by atoms with Crippen molar-refractivity contribution < 1.29 is 26.3 Å². The molecule has 0 unspecified atom stereocenters. The summed E-state index contributed by atoms with van der Waals surface area (Å²) in [7, 11) is 0. The monoisotopic (exact) mass is 798 g/mol. The summed E-state index contributed by atoms with van der Waals surface area (Å²) in [5.41, 5.74) is 5.32. The Hall–Kier alpha value is -7.32. The number of anilines is 3. The highest BCUT2D eigenvalue weighted by atomic mass is 19.4. The minimum Gasteiger partial charge on any atom is -0.310 e. The molecular weight excluding hydrogens is 767 g/mol. The van der Waals surface area contributed by atoms with Gasteiger partial charge in [0.2, 0.25) is 0 Å². The van der Waals surface area contributed by atoms with Crippen LogP contribution in [-0.4, -0.2) is 4.57 Å². The molecule has 60 heavy (non-hydrogen) atoms. The zero-order valence-electron chi connectivity index (χ0n) is 31.6. The van der Waals surface area contributed by atoms with E-state index in [2.05, 4.69) is 45.9 Å². The Morgan fingerprint density at radius 2 is 0.883 bits per heavy atom. The van der Waals surface area contributed by atoms with Gasteiger partial charge in [-0.1, -0.05) is 115 Å². The molecule has 0 atom stereocenters. The first-order valence-corrected chi connectivity index (χ1v) is 19.3. The van der Waals surface area contributed by atoms with Crippen LogP contribution in [0.1, 0.15) is 11.1 Å². The second kappa shape index (κ2) is 14.2. The summed E-state index contributed by atoms with van der Waals surface area (Å²) >= 11 is 0. The van der Waals surface area contributed by atoms with Crippen LogP contribution in [0.15, 0.2) is 194 Å². The lowest BCUT2D eigenvalue weighted by Crippen LogP contribution is -2.11. The van der Waals surface area contributed by atoms with Crippen LogP contribution in [0.4, 0.5) is 43.4 Å². The predicted octanol–water partition coefficient (Wildman–Crippen LogP) is 15.9. The minimum absolute atomic E-state index is 0.323. The molecule has 0 aliphatic rings. The normalized spacial score (nSPS) is 12.2. The molecule has 0 radical (unpaired) electrons. The van der Waals surface area contributed by atoms with Crippen molar-refractivity contribution in [2.45, 2.75) is 12.4 Å². The molecular formula is C52H32F6N2. The molecule has 0 amide bonds. The van der Waals surface area contributed by atoms with E-state index in [1.165, 1.54) is 12.1 Å². The minimum atomic E-state index is -4.62. The third-order valence-electron chi connectivity index (χ3n) is 11.2. The molecule has 9 aromatic carbocycles. The number of para-hydroxylation sites is 3. The Morgan fingerprint density at radius 1 is 0.367 bits per heavy atom. The van der Waals surface area contributed by atoms with Gasteiger partial charge >= 0.3 is 12.4 Å². The van der Waals surface area contributed by atoms with Crippen LogP contribution in [0.3, 0.4) is 0 Å². The molecule has 0 fully saturated rings. The van der Waals surface area contributed by atoms with Crippen LogP contribution >= 0.6 is 0 Å². The van der Waals surface area contributed by atoms with Crippen LogP contribution in [0, 0.1) is 0 Å². The molecule has 0 bridgehead atoms. The molecule has 0 saturated carbocycles. The maximum absolute atomic E-state index is 14.4. The molecule has 292 valence electrons. The zero-order valence-corrected chi connectivity index (χ0v) is 31.6.